The molecule has 0 spiro atoms. The number of carbonyl (C=O) groups is 1. The molecular formula is C20H27ClN4O3. The molecule has 0 radical (unpaired) electrons. The molecule has 1 saturated heterocycles. The molecule has 0 saturated carbocycles. The number of hydrogen-bond donors (Lipinski definition) is 2. The van der Waals surface area contributed by atoms with Crippen molar-refractivity contribution >= 4 is 17.5 Å². The van der Waals surface area contributed by atoms with Crippen molar-refractivity contribution in [3.05, 3.63) is 46.5 Å². The highest BCUT2D eigenvalue weighted by molar-refractivity contribution is 6.30. The maximum Gasteiger partial charge on any atom is 0.220 e. The van der Waals surface area contributed by atoms with Crippen LogP contribution in [0.4, 0.5) is 0 Å². The van der Waals surface area contributed by atoms with Gasteiger partial charge >= 0.3 is 0 Å². The number of halogens is 1. The summed E-state index contributed by atoms with van der Waals surface area (Å²) in [6, 6.07) is 7.16. The molecule has 1 unspecified atom stereocenters. The third-order valence-electron chi connectivity index (χ3n) is 4.86. The first-order valence-electron chi connectivity index (χ1n) is 9.46. The molecule has 28 heavy (non-hydrogen) atoms. The molecule has 3 rings (SSSR count). The molecule has 2 aromatic rings. The van der Waals surface area contributed by atoms with Crippen LogP contribution in [-0.4, -0.2) is 52.7 Å². The average Bonchev–Trinajstić information content (AvgIpc) is 3.00. The second kappa shape index (κ2) is 8.94. The Bertz CT molecular complexity index is 826. The van der Waals surface area contributed by atoms with Crippen molar-refractivity contribution in [2.75, 3.05) is 26.3 Å². The quantitative estimate of drug-likeness (QED) is 0.702. The van der Waals surface area contributed by atoms with Gasteiger partial charge < -0.3 is 20.2 Å². The maximum atomic E-state index is 11.7. The van der Waals surface area contributed by atoms with Crippen LogP contribution in [-0.2, 0) is 22.5 Å². The van der Waals surface area contributed by atoms with Gasteiger partial charge in [0, 0.05) is 36.8 Å². The first kappa shape index (κ1) is 20.6. The van der Waals surface area contributed by atoms with Crippen LogP contribution in [0.2, 0.25) is 5.02 Å². The smallest absolute Gasteiger partial charge is 0.220 e. The van der Waals surface area contributed by atoms with Crippen LogP contribution in [0.1, 0.15) is 30.6 Å². The van der Waals surface area contributed by atoms with Crippen LogP contribution in [0.15, 0.2) is 24.3 Å². The molecule has 8 heteroatoms. The van der Waals surface area contributed by atoms with Gasteiger partial charge in [-0.25, -0.2) is 4.98 Å². The number of nitrogens with zero attached hydrogens (tertiary/aromatic N) is 2. The molecule has 1 aliphatic heterocycles. The Labute approximate surface area is 170 Å². The molecular weight excluding hydrogens is 380 g/mol. The Morgan fingerprint density at radius 1 is 1.50 bits per heavy atom. The van der Waals surface area contributed by atoms with Gasteiger partial charge in [-0.1, -0.05) is 24.6 Å². The Morgan fingerprint density at radius 3 is 3.00 bits per heavy atom. The molecule has 1 aliphatic rings. The molecule has 0 bridgehead atoms. The molecule has 7 nitrogen and oxygen atoms in total. The number of hydrogen-bond acceptors (Lipinski definition) is 5. The number of primary amides is 1. The summed E-state index contributed by atoms with van der Waals surface area (Å²) >= 11 is 6.02. The third kappa shape index (κ3) is 5.25. The van der Waals surface area contributed by atoms with Gasteiger partial charge in [-0.05, 0) is 25.1 Å². The number of H-pyrrole nitrogens is 1. The Morgan fingerprint density at radius 2 is 2.32 bits per heavy atom. The van der Waals surface area contributed by atoms with Crippen LogP contribution in [0.25, 0.3) is 0 Å². The van der Waals surface area contributed by atoms with Gasteiger partial charge in [-0.2, -0.15) is 0 Å². The van der Waals surface area contributed by atoms with Crippen LogP contribution in [0.3, 0.4) is 0 Å². The summed E-state index contributed by atoms with van der Waals surface area (Å²) in [5.41, 5.74) is 6.80. The van der Waals surface area contributed by atoms with E-state index in [0.717, 1.165) is 30.2 Å². The fourth-order valence-electron chi connectivity index (χ4n) is 3.49. The number of imidazole rings is 1. The van der Waals surface area contributed by atoms with Crippen LogP contribution >= 0.6 is 11.6 Å². The predicted octanol–water partition coefficient (Wildman–Crippen LogP) is 2.46. The number of aromatic amines is 1. The van der Waals surface area contributed by atoms with E-state index in [1.54, 1.807) is 12.1 Å². The Balaban J connectivity index is 1.72. The zero-order valence-corrected chi connectivity index (χ0v) is 17.1. The number of aromatic nitrogens is 2. The minimum atomic E-state index is -0.801. The number of rotatable bonds is 8. The van der Waals surface area contributed by atoms with Gasteiger partial charge in [-0.15, -0.1) is 0 Å². The van der Waals surface area contributed by atoms with Gasteiger partial charge in [0.2, 0.25) is 5.91 Å². The Hall–Kier alpha value is -2.09. The number of morpholine rings is 1. The first-order valence-corrected chi connectivity index (χ1v) is 9.84. The highest BCUT2D eigenvalue weighted by Crippen LogP contribution is 2.26. The summed E-state index contributed by atoms with van der Waals surface area (Å²) < 4.78 is 11.9. The molecule has 152 valence electrons. The second-order valence-electron chi connectivity index (χ2n) is 7.24. The maximum absolute atomic E-state index is 11.7. The largest absolute Gasteiger partial charge is 0.490 e. The summed E-state index contributed by atoms with van der Waals surface area (Å²) in [6.45, 7) is 6.78. The van der Waals surface area contributed by atoms with Crippen molar-refractivity contribution in [1.82, 2.24) is 14.9 Å². The number of amides is 1. The second-order valence-corrected chi connectivity index (χ2v) is 7.68. The summed E-state index contributed by atoms with van der Waals surface area (Å²) in [7, 11) is 0. The van der Waals surface area contributed by atoms with Crippen molar-refractivity contribution in [2.24, 2.45) is 5.73 Å². The first-order chi connectivity index (χ1) is 13.4. The average molecular weight is 407 g/mol. The Kier molecular flexibility index (Phi) is 6.59. The number of aryl methyl sites for hydroxylation is 2. The van der Waals surface area contributed by atoms with E-state index in [9.17, 15) is 4.79 Å². The molecule has 1 amide bonds. The molecule has 1 aromatic heterocycles. The van der Waals surface area contributed by atoms with E-state index in [0.29, 0.717) is 30.5 Å². The van der Waals surface area contributed by atoms with Crippen LogP contribution < -0.4 is 10.5 Å². The van der Waals surface area contributed by atoms with Crippen molar-refractivity contribution in [1.29, 1.82) is 0 Å². The topological polar surface area (TPSA) is 93.5 Å². The minimum absolute atomic E-state index is 0.0871. The van der Waals surface area contributed by atoms with Gasteiger partial charge in [0.05, 0.1) is 18.7 Å². The molecule has 1 atom stereocenters. The van der Waals surface area contributed by atoms with Gasteiger partial charge in [-0.3, -0.25) is 9.69 Å². The van der Waals surface area contributed by atoms with Crippen molar-refractivity contribution < 1.29 is 14.3 Å². The number of nitrogens with two attached hydrogens (primary N) is 1. The number of ether oxygens (including phenoxy) is 2. The SMILES string of the molecule is CCc1nc(CN2CCOC(COc3cccc(Cl)c3)(CC(N)=O)C2)c(C)[nH]1. The number of carbonyl (C=O) groups excluding carboxylic acids is 1. The summed E-state index contributed by atoms with van der Waals surface area (Å²) in [5.74, 6) is 1.20. The monoisotopic (exact) mass is 406 g/mol. The molecule has 1 aromatic carbocycles. The third-order valence-corrected chi connectivity index (χ3v) is 5.10. The van der Waals surface area contributed by atoms with Gasteiger partial charge in [0.15, 0.2) is 0 Å². The summed E-state index contributed by atoms with van der Waals surface area (Å²) in [6.07, 6.45) is 0.951. The van der Waals surface area contributed by atoms with Crippen molar-refractivity contribution in [3.63, 3.8) is 0 Å². The van der Waals surface area contributed by atoms with E-state index in [1.807, 2.05) is 19.1 Å². The summed E-state index contributed by atoms with van der Waals surface area (Å²) in [4.78, 5) is 21.9. The standard InChI is InChI=1S/C20H27ClN4O3/c1-3-19-23-14(2)17(24-19)11-25-7-8-28-20(12-25,10-18(22)26)13-27-16-6-4-5-15(21)9-16/h4-6,9H,3,7-8,10-13H2,1-2H3,(H2,22,26)(H,23,24). The van der Waals surface area contributed by atoms with E-state index >= 15 is 0 Å². The van der Waals surface area contributed by atoms with Gasteiger partial charge in [0.25, 0.3) is 0 Å². The lowest BCUT2D eigenvalue weighted by molar-refractivity contribution is -0.148. The van der Waals surface area contributed by atoms with Gasteiger partial charge in [0.1, 0.15) is 23.8 Å². The van der Waals surface area contributed by atoms with E-state index in [4.69, 9.17) is 26.8 Å². The highest BCUT2D eigenvalue weighted by atomic mass is 35.5. The fraction of sp³-hybridized carbons (Fsp3) is 0.500. The van der Waals surface area contributed by atoms with E-state index < -0.39 is 11.5 Å². The zero-order chi connectivity index (χ0) is 20.1. The van der Waals surface area contributed by atoms with Crippen LogP contribution in [0.5, 0.6) is 5.75 Å². The molecule has 3 N–H and O–H groups in total. The molecule has 0 aliphatic carbocycles. The number of nitrogens with one attached hydrogen (secondary N) is 1. The molecule has 2 heterocycles. The zero-order valence-electron chi connectivity index (χ0n) is 16.3. The lowest BCUT2D eigenvalue weighted by atomic mass is 9.97. The van der Waals surface area contributed by atoms with Crippen molar-refractivity contribution in [3.8, 4) is 5.75 Å². The fourth-order valence-corrected chi connectivity index (χ4v) is 3.67. The lowest BCUT2D eigenvalue weighted by Crippen LogP contribution is -2.56. The van der Waals surface area contributed by atoms with E-state index in [2.05, 4.69) is 21.8 Å². The van der Waals surface area contributed by atoms with Crippen molar-refractivity contribution in [2.45, 2.75) is 38.8 Å². The van der Waals surface area contributed by atoms with Crippen LogP contribution in [0, 0.1) is 6.92 Å². The number of benzene rings is 1. The minimum Gasteiger partial charge on any atom is -0.490 e. The van der Waals surface area contributed by atoms with E-state index in [1.165, 1.54) is 0 Å². The lowest BCUT2D eigenvalue weighted by Gasteiger charge is -2.41. The summed E-state index contributed by atoms with van der Waals surface area (Å²) in [5, 5.41) is 0.591. The highest BCUT2D eigenvalue weighted by Gasteiger charge is 2.39. The normalized spacial score (nSPS) is 20.2. The van der Waals surface area contributed by atoms with E-state index in [-0.39, 0.29) is 13.0 Å². The predicted molar refractivity (Wildman–Crippen MR) is 107 cm³/mol. The molecule has 1 fully saturated rings.